The average molecular weight is 359 g/mol. The fourth-order valence-electron chi connectivity index (χ4n) is 2.91. The second-order valence-electron chi connectivity index (χ2n) is 6.11. The molecule has 2 aromatic rings. The highest BCUT2D eigenvalue weighted by molar-refractivity contribution is 5.99. The maximum Gasteiger partial charge on any atom is 0.229 e. The van der Waals surface area contributed by atoms with Crippen LogP contribution in [0.5, 0.6) is 11.5 Å². The highest BCUT2D eigenvalue weighted by Gasteiger charge is 2.36. The van der Waals surface area contributed by atoms with Crippen molar-refractivity contribution in [2.45, 2.75) is 19.9 Å². The minimum atomic E-state index is -0.417. The first-order valence-corrected chi connectivity index (χ1v) is 8.24. The molecule has 2 amide bonds. The lowest BCUT2D eigenvalue weighted by Gasteiger charge is -2.13. The molecule has 0 bridgehead atoms. The summed E-state index contributed by atoms with van der Waals surface area (Å²) < 4.78 is 15.5. The number of carbonyl (C=O) groups is 2. The molecule has 0 radical (unpaired) electrons. The van der Waals surface area contributed by atoms with Gasteiger partial charge in [0.25, 0.3) is 0 Å². The van der Waals surface area contributed by atoms with Gasteiger partial charge in [0, 0.05) is 25.6 Å². The van der Waals surface area contributed by atoms with Crippen LogP contribution in [0.3, 0.4) is 0 Å². The summed E-state index contributed by atoms with van der Waals surface area (Å²) in [5.41, 5.74) is 0.879. The van der Waals surface area contributed by atoms with Crippen molar-refractivity contribution in [2.75, 3.05) is 25.7 Å². The Morgan fingerprint density at radius 3 is 2.73 bits per heavy atom. The highest BCUT2D eigenvalue weighted by Crippen LogP contribution is 2.28. The van der Waals surface area contributed by atoms with E-state index in [1.807, 2.05) is 12.1 Å². The quantitative estimate of drug-likeness (QED) is 0.843. The second-order valence-corrected chi connectivity index (χ2v) is 6.11. The zero-order chi connectivity index (χ0) is 18.7. The van der Waals surface area contributed by atoms with Crippen LogP contribution >= 0.6 is 0 Å². The molecule has 0 spiro atoms. The summed E-state index contributed by atoms with van der Waals surface area (Å²) in [4.78, 5) is 26.1. The standard InChI is InChI=1S/C18H21N3O5/c1-11-6-16(20-26-11)21-10-13(8-17(21)22)18(23)19-9-12-4-5-14(24-2)15(7-12)25-3/h4-7,13H,8-10H2,1-3H3,(H,19,23). The first-order chi connectivity index (χ1) is 12.5. The fourth-order valence-corrected chi connectivity index (χ4v) is 2.91. The first kappa shape index (κ1) is 17.8. The average Bonchev–Trinajstić information content (AvgIpc) is 3.24. The van der Waals surface area contributed by atoms with E-state index in [0.29, 0.717) is 36.2 Å². The third-order valence-electron chi connectivity index (χ3n) is 4.30. The van der Waals surface area contributed by atoms with Crippen molar-refractivity contribution in [3.05, 3.63) is 35.6 Å². The van der Waals surface area contributed by atoms with Gasteiger partial charge in [0.1, 0.15) is 5.76 Å². The summed E-state index contributed by atoms with van der Waals surface area (Å²) in [6.07, 6.45) is 0.156. The number of methoxy groups -OCH3 is 2. The molecule has 1 atom stereocenters. The molecule has 1 fully saturated rings. The molecule has 1 unspecified atom stereocenters. The van der Waals surface area contributed by atoms with Gasteiger partial charge in [0.2, 0.25) is 11.8 Å². The molecule has 1 saturated heterocycles. The molecular weight excluding hydrogens is 338 g/mol. The number of ether oxygens (including phenoxy) is 2. The van der Waals surface area contributed by atoms with E-state index in [0.717, 1.165) is 5.56 Å². The number of hydrogen-bond acceptors (Lipinski definition) is 6. The number of hydrogen-bond donors (Lipinski definition) is 1. The van der Waals surface area contributed by atoms with E-state index in [4.69, 9.17) is 14.0 Å². The van der Waals surface area contributed by atoms with E-state index in [1.165, 1.54) is 4.90 Å². The maximum atomic E-state index is 12.4. The van der Waals surface area contributed by atoms with Crippen molar-refractivity contribution in [1.29, 1.82) is 0 Å². The number of nitrogens with zero attached hydrogens (tertiary/aromatic N) is 2. The van der Waals surface area contributed by atoms with Crippen molar-refractivity contribution in [3.8, 4) is 11.5 Å². The molecule has 138 valence electrons. The van der Waals surface area contributed by atoms with E-state index in [2.05, 4.69) is 10.5 Å². The summed E-state index contributed by atoms with van der Waals surface area (Å²) in [5, 5.41) is 6.71. The van der Waals surface area contributed by atoms with E-state index in [1.54, 1.807) is 33.3 Å². The van der Waals surface area contributed by atoms with Crippen molar-refractivity contribution in [2.24, 2.45) is 5.92 Å². The predicted octanol–water partition coefficient (Wildman–Crippen LogP) is 1.67. The summed E-state index contributed by atoms with van der Waals surface area (Å²) in [6.45, 7) is 2.39. The third-order valence-corrected chi connectivity index (χ3v) is 4.30. The van der Waals surface area contributed by atoms with Gasteiger partial charge in [-0.1, -0.05) is 11.2 Å². The van der Waals surface area contributed by atoms with Gasteiger partial charge < -0.3 is 19.3 Å². The lowest BCUT2D eigenvalue weighted by atomic mass is 10.1. The molecule has 1 aliphatic rings. The Morgan fingerprint density at radius 1 is 1.31 bits per heavy atom. The van der Waals surface area contributed by atoms with Gasteiger partial charge in [0.05, 0.1) is 20.1 Å². The Hall–Kier alpha value is -3.03. The number of nitrogens with one attached hydrogen (secondary N) is 1. The van der Waals surface area contributed by atoms with Crippen molar-refractivity contribution >= 4 is 17.6 Å². The van der Waals surface area contributed by atoms with Crippen LogP contribution in [0.4, 0.5) is 5.82 Å². The third kappa shape index (κ3) is 3.63. The number of aromatic nitrogens is 1. The smallest absolute Gasteiger partial charge is 0.229 e. The largest absolute Gasteiger partial charge is 0.493 e. The molecule has 8 heteroatoms. The van der Waals surface area contributed by atoms with Crippen LogP contribution in [0.25, 0.3) is 0 Å². The van der Waals surface area contributed by atoms with Gasteiger partial charge in [-0.2, -0.15) is 0 Å². The van der Waals surface area contributed by atoms with Crippen molar-refractivity contribution < 1.29 is 23.6 Å². The minimum absolute atomic E-state index is 0.135. The molecule has 26 heavy (non-hydrogen) atoms. The predicted molar refractivity (Wildman–Crippen MR) is 93.1 cm³/mol. The molecule has 1 aromatic carbocycles. The molecule has 8 nitrogen and oxygen atoms in total. The molecule has 1 N–H and O–H groups in total. The molecule has 1 aromatic heterocycles. The van der Waals surface area contributed by atoms with Crippen LogP contribution in [0.15, 0.2) is 28.8 Å². The first-order valence-electron chi connectivity index (χ1n) is 8.24. The van der Waals surface area contributed by atoms with Crippen molar-refractivity contribution in [3.63, 3.8) is 0 Å². The van der Waals surface area contributed by atoms with Gasteiger partial charge in [-0.3, -0.25) is 14.5 Å². The zero-order valence-corrected chi connectivity index (χ0v) is 14.9. The van der Waals surface area contributed by atoms with Crippen LogP contribution in [0.2, 0.25) is 0 Å². The Kier molecular flexibility index (Phi) is 5.11. The van der Waals surface area contributed by atoms with Gasteiger partial charge in [-0.25, -0.2) is 0 Å². The topological polar surface area (TPSA) is 93.9 Å². The molecule has 1 aliphatic heterocycles. The van der Waals surface area contributed by atoms with Gasteiger partial charge in [-0.05, 0) is 24.6 Å². The van der Waals surface area contributed by atoms with Gasteiger partial charge in [0.15, 0.2) is 17.3 Å². The highest BCUT2D eigenvalue weighted by atomic mass is 16.5. The Labute approximate surface area is 151 Å². The number of carbonyl (C=O) groups excluding carboxylic acids is 2. The van der Waals surface area contributed by atoms with Crippen LogP contribution in [-0.4, -0.2) is 37.7 Å². The molecular formula is C18H21N3O5. The number of rotatable bonds is 6. The van der Waals surface area contributed by atoms with E-state index in [-0.39, 0.29) is 18.2 Å². The molecule has 3 rings (SSSR count). The number of amides is 2. The number of aryl methyl sites for hydroxylation is 1. The van der Waals surface area contributed by atoms with Gasteiger partial charge in [-0.15, -0.1) is 0 Å². The summed E-state index contributed by atoms with van der Waals surface area (Å²) >= 11 is 0. The van der Waals surface area contributed by atoms with Crippen LogP contribution in [0, 0.1) is 12.8 Å². The summed E-state index contributed by atoms with van der Waals surface area (Å²) in [7, 11) is 3.13. The van der Waals surface area contributed by atoms with E-state index >= 15 is 0 Å². The van der Waals surface area contributed by atoms with Crippen LogP contribution in [-0.2, 0) is 16.1 Å². The summed E-state index contributed by atoms with van der Waals surface area (Å²) in [6, 6.07) is 7.13. The minimum Gasteiger partial charge on any atom is -0.493 e. The molecule has 0 aliphatic carbocycles. The second kappa shape index (κ2) is 7.47. The Bertz CT molecular complexity index is 817. The monoisotopic (exact) mass is 359 g/mol. The van der Waals surface area contributed by atoms with Crippen LogP contribution < -0.4 is 19.7 Å². The Balaban J connectivity index is 1.60. The lowest BCUT2D eigenvalue weighted by Crippen LogP contribution is -2.32. The normalized spacial score (nSPS) is 16.7. The Morgan fingerprint density at radius 2 is 2.08 bits per heavy atom. The summed E-state index contributed by atoms with van der Waals surface area (Å²) in [5.74, 6) is 1.57. The number of benzene rings is 1. The van der Waals surface area contributed by atoms with Gasteiger partial charge >= 0.3 is 0 Å². The van der Waals surface area contributed by atoms with E-state index in [9.17, 15) is 9.59 Å². The van der Waals surface area contributed by atoms with Crippen molar-refractivity contribution in [1.82, 2.24) is 10.5 Å². The fraction of sp³-hybridized carbons (Fsp3) is 0.389. The van der Waals surface area contributed by atoms with E-state index < -0.39 is 5.92 Å². The number of anilines is 1. The zero-order valence-electron chi connectivity index (χ0n) is 14.9. The van der Waals surface area contributed by atoms with Crippen LogP contribution in [0.1, 0.15) is 17.7 Å². The SMILES string of the molecule is COc1ccc(CNC(=O)C2CC(=O)N(c3cc(C)on3)C2)cc1OC. The maximum absolute atomic E-state index is 12.4. The molecule has 0 saturated carbocycles. The molecule has 2 heterocycles. The lowest BCUT2D eigenvalue weighted by molar-refractivity contribution is -0.126.